The van der Waals surface area contributed by atoms with Crippen LogP contribution in [0.1, 0.15) is 0 Å². The first-order valence-electron chi connectivity index (χ1n) is 6.20. The highest BCUT2D eigenvalue weighted by atomic mass is 32.2. The zero-order valence-electron chi connectivity index (χ0n) is 10.9. The molecule has 1 heterocycles. The molecule has 2 rings (SSSR count). The third-order valence-electron chi connectivity index (χ3n) is 2.80. The number of hydrogen-bond acceptors (Lipinski definition) is 5. The highest BCUT2D eigenvalue weighted by Gasteiger charge is 2.23. The van der Waals surface area contributed by atoms with Gasteiger partial charge in [-0.25, -0.2) is 0 Å². The average molecular weight is 296 g/mol. The predicted molar refractivity (Wildman–Crippen MR) is 74.5 cm³/mol. The fraction of sp³-hybridized carbons (Fsp3) is 0.417. The second-order valence-electron chi connectivity index (χ2n) is 4.23. The SMILES string of the molecule is N#CCOc1cccc(NS(=O)(=O)N2CCNCC2)c1. The van der Waals surface area contributed by atoms with Crippen LogP contribution in [0, 0.1) is 11.3 Å². The van der Waals surface area contributed by atoms with E-state index in [-0.39, 0.29) is 6.61 Å². The number of anilines is 1. The maximum atomic E-state index is 12.2. The summed E-state index contributed by atoms with van der Waals surface area (Å²) in [5.74, 6) is 0.451. The Hall–Kier alpha value is -1.82. The van der Waals surface area contributed by atoms with Crippen molar-refractivity contribution in [1.82, 2.24) is 9.62 Å². The number of hydrogen-bond donors (Lipinski definition) is 2. The molecule has 0 spiro atoms. The van der Waals surface area contributed by atoms with Crippen molar-refractivity contribution in [1.29, 1.82) is 5.26 Å². The molecule has 1 aromatic carbocycles. The summed E-state index contributed by atoms with van der Waals surface area (Å²) in [6, 6.07) is 8.39. The molecule has 8 heteroatoms. The van der Waals surface area contributed by atoms with Crippen LogP contribution in [-0.2, 0) is 10.2 Å². The molecule has 7 nitrogen and oxygen atoms in total. The van der Waals surface area contributed by atoms with Gasteiger partial charge in [0.1, 0.15) is 11.8 Å². The normalized spacial score (nSPS) is 16.4. The number of benzene rings is 1. The van der Waals surface area contributed by atoms with E-state index in [1.165, 1.54) is 4.31 Å². The third kappa shape index (κ3) is 3.84. The molecule has 1 aromatic rings. The maximum absolute atomic E-state index is 12.2. The number of nitrogens with zero attached hydrogens (tertiary/aromatic N) is 2. The minimum absolute atomic E-state index is 0.0754. The van der Waals surface area contributed by atoms with Crippen LogP contribution >= 0.6 is 0 Å². The van der Waals surface area contributed by atoms with Crippen LogP contribution in [0.3, 0.4) is 0 Å². The zero-order valence-corrected chi connectivity index (χ0v) is 11.7. The molecule has 0 atom stereocenters. The summed E-state index contributed by atoms with van der Waals surface area (Å²) in [5, 5.41) is 11.6. The fourth-order valence-corrected chi connectivity index (χ4v) is 3.08. The van der Waals surface area contributed by atoms with Crippen molar-refractivity contribution >= 4 is 15.9 Å². The molecule has 0 aromatic heterocycles. The molecule has 20 heavy (non-hydrogen) atoms. The summed E-state index contributed by atoms with van der Waals surface area (Å²) in [6.07, 6.45) is 0. The van der Waals surface area contributed by atoms with Gasteiger partial charge in [0.15, 0.2) is 6.61 Å². The van der Waals surface area contributed by atoms with Gasteiger partial charge in [-0.05, 0) is 12.1 Å². The molecule has 0 amide bonds. The van der Waals surface area contributed by atoms with Gasteiger partial charge < -0.3 is 10.1 Å². The van der Waals surface area contributed by atoms with Crippen LogP contribution in [-0.4, -0.2) is 45.5 Å². The van der Waals surface area contributed by atoms with E-state index in [9.17, 15) is 8.42 Å². The van der Waals surface area contributed by atoms with Crippen molar-refractivity contribution in [2.24, 2.45) is 0 Å². The number of nitriles is 1. The van der Waals surface area contributed by atoms with Gasteiger partial charge in [0, 0.05) is 32.2 Å². The van der Waals surface area contributed by atoms with E-state index in [0.717, 1.165) is 0 Å². The van der Waals surface area contributed by atoms with E-state index < -0.39 is 10.2 Å². The Balaban J connectivity index is 2.06. The average Bonchev–Trinajstić information content (AvgIpc) is 2.46. The van der Waals surface area contributed by atoms with Crippen molar-refractivity contribution in [3.63, 3.8) is 0 Å². The molecule has 0 bridgehead atoms. The lowest BCUT2D eigenvalue weighted by Gasteiger charge is -2.26. The van der Waals surface area contributed by atoms with E-state index in [4.69, 9.17) is 10.00 Å². The molecule has 0 radical (unpaired) electrons. The molecule has 0 unspecified atom stereocenters. The molecular weight excluding hydrogens is 280 g/mol. The molecule has 1 aliphatic heterocycles. The van der Waals surface area contributed by atoms with Crippen LogP contribution < -0.4 is 14.8 Å². The van der Waals surface area contributed by atoms with Gasteiger partial charge in [-0.15, -0.1) is 0 Å². The highest BCUT2D eigenvalue weighted by molar-refractivity contribution is 7.90. The van der Waals surface area contributed by atoms with Gasteiger partial charge in [-0.3, -0.25) is 4.72 Å². The number of rotatable bonds is 5. The largest absolute Gasteiger partial charge is 0.479 e. The lowest BCUT2D eigenvalue weighted by molar-refractivity contribution is 0.362. The molecule has 1 aliphatic rings. The summed E-state index contributed by atoms with van der Waals surface area (Å²) < 4.78 is 33.4. The first-order chi connectivity index (χ1) is 9.62. The number of piperazine rings is 1. The minimum atomic E-state index is -3.55. The first kappa shape index (κ1) is 14.6. The summed E-state index contributed by atoms with van der Waals surface area (Å²) in [7, 11) is -3.55. The van der Waals surface area contributed by atoms with Crippen LogP contribution in [0.2, 0.25) is 0 Å². The smallest absolute Gasteiger partial charge is 0.301 e. The fourth-order valence-electron chi connectivity index (χ4n) is 1.86. The van der Waals surface area contributed by atoms with Crippen molar-refractivity contribution < 1.29 is 13.2 Å². The highest BCUT2D eigenvalue weighted by Crippen LogP contribution is 2.19. The first-order valence-corrected chi connectivity index (χ1v) is 7.64. The van der Waals surface area contributed by atoms with Crippen molar-refractivity contribution in [2.75, 3.05) is 37.5 Å². The van der Waals surface area contributed by atoms with Crippen molar-refractivity contribution in [3.8, 4) is 11.8 Å². The van der Waals surface area contributed by atoms with E-state index in [1.807, 2.05) is 6.07 Å². The van der Waals surface area contributed by atoms with Gasteiger partial charge in [0.2, 0.25) is 0 Å². The van der Waals surface area contributed by atoms with Gasteiger partial charge in [-0.1, -0.05) is 6.07 Å². The topological polar surface area (TPSA) is 94.5 Å². The van der Waals surface area contributed by atoms with Gasteiger partial charge in [0.05, 0.1) is 5.69 Å². The van der Waals surface area contributed by atoms with Crippen LogP contribution in [0.5, 0.6) is 5.75 Å². The Morgan fingerprint density at radius 1 is 1.40 bits per heavy atom. The van der Waals surface area contributed by atoms with Crippen LogP contribution in [0.4, 0.5) is 5.69 Å². The number of nitrogens with one attached hydrogen (secondary N) is 2. The van der Waals surface area contributed by atoms with Crippen LogP contribution in [0.15, 0.2) is 24.3 Å². The number of ether oxygens (including phenoxy) is 1. The van der Waals surface area contributed by atoms with Gasteiger partial charge in [-0.2, -0.15) is 18.0 Å². The molecule has 108 valence electrons. The molecule has 1 saturated heterocycles. The Morgan fingerprint density at radius 3 is 2.85 bits per heavy atom. The van der Waals surface area contributed by atoms with Gasteiger partial charge in [0.25, 0.3) is 0 Å². The summed E-state index contributed by atoms with van der Waals surface area (Å²) >= 11 is 0. The quantitative estimate of drug-likeness (QED) is 0.806. The van der Waals surface area contributed by atoms with Crippen molar-refractivity contribution in [3.05, 3.63) is 24.3 Å². The molecular formula is C12H16N4O3S. The third-order valence-corrected chi connectivity index (χ3v) is 4.34. The maximum Gasteiger partial charge on any atom is 0.301 e. The monoisotopic (exact) mass is 296 g/mol. The van der Waals surface area contributed by atoms with E-state index in [2.05, 4.69) is 10.0 Å². The molecule has 0 aliphatic carbocycles. The van der Waals surface area contributed by atoms with E-state index in [0.29, 0.717) is 37.6 Å². The van der Waals surface area contributed by atoms with Crippen molar-refractivity contribution in [2.45, 2.75) is 0 Å². The lowest BCUT2D eigenvalue weighted by atomic mass is 10.3. The summed E-state index contributed by atoms with van der Waals surface area (Å²) in [4.78, 5) is 0. The van der Waals surface area contributed by atoms with Gasteiger partial charge >= 0.3 is 10.2 Å². The minimum Gasteiger partial charge on any atom is -0.479 e. The van der Waals surface area contributed by atoms with E-state index in [1.54, 1.807) is 24.3 Å². The predicted octanol–water partition coefficient (Wildman–Crippen LogP) is 0.151. The Kier molecular flexibility index (Phi) is 4.79. The molecule has 1 fully saturated rings. The Morgan fingerprint density at radius 2 is 2.15 bits per heavy atom. The molecule has 0 saturated carbocycles. The summed E-state index contributed by atoms with van der Waals surface area (Å²) in [5.41, 5.74) is 0.416. The second-order valence-corrected chi connectivity index (χ2v) is 5.90. The van der Waals surface area contributed by atoms with E-state index >= 15 is 0 Å². The summed E-state index contributed by atoms with van der Waals surface area (Å²) in [6.45, 7) is 2.10. The Labute approximate surface area is 118 Å². The second kappa shape index (κ2) is 6.56. The Bertz CT molecular complexity index is 591. The standard InChI is InChI=1S/C12H16N4O3S/c13-4-9-19-12-3-1-2-11(10-12)15-20(17,18)16-7-5-14-6-8-16/h1-3,10,14-15H,5-9H2. The van der Waals surface area contributed by atoms with Crippen LogP contribution in [0.25, 0.3) is 0 Å². The molecule has 2 N–H and O–H groups in total. The lowest BCUT2D eigenvalue weighted by Crippen LogP contribution is -2.48. The zero-order chi connectivity index (χ0) is 14.4.